The Morgan fingerprint density at radius 2 is 1.94 bits per heavy atom. The molecular weight excluding hydrogens is 434 g/mol. The number of hydrogen-bond donors (Lipinski definition) is 1. The van der Waals surface area contributed by atoms with E-state index in [9.17, 15) is 19.5 Å². The molecule has 3 amide bonds. The number of ether oxygens (including phenoxy) is 1. The topological polar surface area (TPSA) is 90.4 Å². The van der Waals surface area contributed by atoms with E-state index in [1.54, 1.807) is 35.9 Å². The van der Waals surface area contributed by atoms with E-state index >= 15 is 0 Å². The van der Waals surface area contributed by atoms with E-state index in [0.717, 1.165) is 12.8 Å². The number of carbonyl (C=O) groups excluding carboxylic acids is 3. The number of unbranched alkanes of at least 4 members (excludes halogenated alkanes) is 1. The molecule has 1 spiro atoms. The summed E-state index contributed by atoms with van der Waals surface area (Å²) < 4.78 is 6.72. The van der Waals surface area contributed by atoms with Gasteiger partial charge < -0.3 is 24.5 Å². The zero-order valence-corrected chi connectivity index (χ0v) is 21.3. The molecule has 3 fully saturated rings. The van der Waals surface area contributed by atoms with Crippen LogP contribution in [-0.2, 0) is 19.1 Å². The maximum atomic E-state index is 14.1. The van der Waals surface area contributed by atoms with Gasteiger partial charge in [0.25, 0.3) is 0 Å². The summed E-state index contributed by atoms with van der Waals surface area (Å²) in [6.45, 7) is 16.2. The van der Waals surface area contributed by atoms with Gasteiger partial charge in [-0.1, -0.05) is 32.4 Å². The number of likely N-dealkylation sites (tertiary alicyclic amines) is 1. The maximum absolute atomic E-state index is 14.1. The van der Waals surface area contributed by atoms with Gasteiger partial charge in [0, 0.05) is 26.7 Å². The molecule has 0 saturated carbocycles. The minimum absolute atomic E-state index is 0.0224. The van der Waals surface area contributed by atoms with Crippen molar-refractivity contribution >= 4 is 17.7 Å². The van der Waals surface area contributed by atoms with Gasteiger partial charge in [-0.15, -0.1) is 13.2 Å². The van der Waals surface area contributed by atoms with E-state index in [-0.39, 0.29) is 30.2 Å². The van der Waals surface area contributed by atoms with Crippen LogP contribution < -0.4 is 0 Å². The van der Waals surface area contributed by atoms with Gasteiger partial charge in [0.2, 0.25) is 17.7 Å². The molecule has 3 rings (SSSR count). The summed E-state index contributed by atoms with van der Waals surface area (Å²) in [5.74, 6) is -2.15. The Morgan fingerprint density at radius 1 is 1.29 bits per heavy atom. The van der Waals surface area contributed by atoms with Gasteiger partial charge in [-0.3, -0.25) is 14.4 Å². The van der Waals surface area contributed by atoms with Gasteiger partial charge in [-0.05, 0) is 32.6 Å². The van der Waals surface area contributed by atoms with E-state index in [1.807, 2.05) is 13.8 Å². The number of likely N-dealkylation sites (N-methyl/N-ethyl adjacent to an activating group) is 1. The maximum Gasteiger partial charge on any atom is 0.248 e. The van der Waals surface area contributed by atoms with Crippen LogP contribution in [0.4, 0.5) is 0 Å². The van der Waals surface area contributed by atoms with E-state index in [0.29, 0.717) is 26.1 Å². The quantitative estimate of drug-likeness (QED) is 0.461. The summed E-state index contributed by atoms with van der Waals surface area (Å²) >= 11 is 0. The standard InChI is InChI=1S/C26H41N3O5/c1-8-11-14-28(13-10-3)24(33)21-26-15-17(4)25(6,34-26)19(22(31)27(7)12-9-2)20(26)23(32)29(21)18(5)16-30/h9-10,17-21,30H,2-3,8,11-16H2,1,4-7H3/t17?,18-,19+,20+,21?,25-,26?/m1/s1. The molecule has 190 valence electrons. The van der Waals surface area contributed by atoms with Crippen LogP contribution in [0.15, 0.2) is 25.3 Å². The first-order valence-electron chi connectivity index (χ1n) is 12.4. The third-order valence-electron chi connectivity index (χ3n) is 8.21. The third-order valence-corrected chi connectivity index (χ3v) is 8.21. The molecular formula is C26H41N3O5. The van der Waals surface area contributed by atoms with E-state index in [4.69, 9.17) is 4.74 Å². The molecule has 2 bridgehead atoms. The summed E-state index contributed by atoms with van der Waals surface area (Å²) in [6.07, 6.45) is 5.60. The van der Waals surface area contributed by atoms with Gasteiger partial charge in [0.15, 0.2) is 0 Å². The Morgan fingerprint density at radius 3 is 2.50 bits per heavy atom. The Balaban J connectivity index is 2.12. The van der Waals surface area contributed by atoms with Crippen LogP contribution in [0, 0.1) is 17.8 Å². The highest BCUT2D eigenvalue weighted by atomic mass is 16.5. The number of carbonyl (C=O) groups is 3. The minimum atomic E-state index is -1.10. The van der Waals surface area contributed by atoms with Crippen LogP contribution in [0.2, 0.25) is 0 Å². The van der Waals surface area contributed by atoms with Gasteiger partial charge in [-0.25, -0.2) is 0 Å². The largest absolute Gasteiger partial charge is 0.394 e. The van der Waals surface area contributed by atoms with Crippen molar-refractivity contribution in [3.8, 4) is 0 Å². The van der Waals surface area contributed by atoms with Crippen molar-refractivity contribution in [2.45, 2.75) is 70.2 Å². The van der Waals surface area contributed by atoms with Crippen molar-refractivity contribution in [2.24, 2.45) is 17.8 Å². The van der Waals surface area contributed by atoms with Gasteiger partial charge >= 0.3 is 0 Å². The van der Waals surface area contributed by atoms with Crippen LogP contribution in [0.1, 0.15) is 47.0 Å². The summed E-state index contributed by atoms with van der Waals surface area (Å²) in [5.41, 5.74) is -1.96. The molecule has 3 saturated heterocycles. The smallest absolute Gasteiger partial charge is 0.248 e. The highest BCUT2D eigenvalue weighted by Crippen LogP contribution is 2.65. The van der Waals surface area contributed by atoms with Gasteiger partial charge in [0.05, 0.1) is 30.1 Å². The lowest BCUT2D eigenvalue weighted by atomic mass is 9.62. The molecule has 0 aliphatic carbocycles. The SMILES string of the molecule is C=CCN(C)C(=O)[C@@H]1[C@H]2C(=O)N([C@H](C)CO)C(C(=O)N(CC=C)CCCC)C23CC(C)[C@@]1(C)O3. The van der Waals surface area contributed by atoms with Crippen molar-refractivity contribution in [3.05, 3.63) is 25.3 Å². The fourth-order valence-corrected chi connectivity index (χ4v) is 6.38. The second kappa shape index (κ2) is 9.82. The normalized spacial score (nSPS) is 34.6. The molecule has 3 aliphatic rings. The number of hydrogen-bond acceptors (Lipinski definition) is 5. The molecule has 8 nitrogen and oxygen atoms in total. The first-order chi connectivity index (χ1) is 16.0. The number of amides is 3. The van der Waals surface area contributed by atoms with Crippen LogP contribution >= 0.6 is 0 Å². The van der Waals surface area contributed by atoms with Crippen molar-refractivity contribution in [1.82, 2.24) is 14.7 Å². The fourth-order valence-electron chi connectivity index (χ4n) is 6.38. The van der Waals surface area contributed by atoms with Gasteiger partial charge in [-0.2, -0.15) is 0 Å². The summed E-state index contributed by atoms with van der Waals surface area (Å²) in [6, 6.07) is -1.47. The van der Waals surface area contributed by atoms with E-state index in [1.165, 1.54) is 4.90 Å². The van der Waals surface area contributed by atoms with Crippen LogP contribution in [-0.4, -0.2) is 94.1 Å². The molecule has 1 N–H and O–H groups in total. The van der Waals surface area contributed by atoms with E-state index in [2.05, 4.69) is 20.1 Å². The average Bonchev–Trinajstić information content (AvgIpc) is 3.32. The minimum Gasteiger partial charge on any atom is -0.394 e. The summed E-state index contributed by atoms with van der Waals surface area (Å²) in [4.78, 5) is 46.5. The monoisotopic (exact) mass is 475 g/mol. The molecule has 3 aliphatic heterocycles. The van der Waals surface area contributed by atoms with Crippen molar-refractivity contribution < 1.29 is 24.2 Å². The Labute approximate surface area is 203 Å². The second-order valence-electron chi connectivity index (χ2n) is 10.4. The fraction of sp³-hybridized carbons (Fsp3) is 0.731. The van der Waals surface area contributed by atoms with Crippen molar-refractivity contribution in [3.63, 3.8) is 0 Å². The number of rotatable bonds is 11. The molecule has 0 aromatic rings. The molecule has 7 atom stereocenters. The Bertz CT molecular complexity index is 846. The lowest BCUT2D eigenvalue weighted by Gasteiger charge is -2.39. The predicted octanol–water partition coefficient (Wildman–Crippen LogP) is 1.84. The third kappa shape index (κ3) is 3.79. The molecule has 3 heterocycles. The summed E-state index contributed by atoms with van der Waals surface area (Å²) in [5, 5.41) is 10.0. The van der Waals surface area contributed by atoms with Crippen LogP contribution in [0.25, 0.3) is 0 Å². The zero-order valence-electron chi connectivity index (χ0n) is 21.3. The number of nitrogens with zero attached hydrogens (tertiary/aromatic N) is 3. The number of aliphatic hydroxyl groups is 1. The first kappa shape index (κ1) is 26.4. The van der Waals surface area contributed by atoms with Crippen molar-refractivity contribution in [1.29, 1.82) is 0 Å². The second-order valence-corrected chi connectivity index (χ2v) is 10.4. The molecule has 0 aromatic carbocycles. The van der Waals surface area contributed by atoms with Gasteiger partial charge in [0.1, 0.15) is 11.6 Å². The molecule has 3 unspecified atom stereocenters. The molecule has 0 radical (unpaired) electrons. The average molecular weight is 476 g/mol. The Kier molecular flexibility index (Phi) is 7.63. The summed E-state index contributed by atoms with van der Waals surface area (Å²) in [7, 11) is 1.70. The molecule has 8 heteroatoms. The molecule has 34 heavy (non-hydrogen) atoms. The first-order valence-corrected chi connectivity index (χ1v) is 12.4. The van der Waals surface area contributed by atoms with Crippen molar-refractivity contribution in [2.75, 3.05) is 33.3 Å². The number of fused-ring (bicyclic) bond motifs is 1. The number of aliphatic hydroxyl groups excluding tert-OH is 1. The predicted molar refractivity (Wildman–Crippen MR) is 130 cm³/mol. The lowest BCUT2D eigenvalue weighted by molar-refractivity contribution is -0.156. The lowest BCUT2D eigenvalue weighted by Crippen LogP contribution is -2.58. The highest BCUT2D eigenvalue weighted by molar-refractivity contribution is 5.99. The highest BCUT2D eigenvalue weighted by Gasteiger charge is 2.80. The Hall–Kier alpha value is -2.19. The van der Waals surface area contributed by atoms with Crippen LogP contribution in [0.3, 0.4) is 0 Å². The zero-order chi connectivity index (χ0) is 25.4. The van der Waals surface area contributed by atoms with E-state index < -0.39 is 35.1 Å². The van der Waals surface area contributed by atoms with Crippen LogP contribution in [0.5, 0.6) is 0 Å². The molecule has 0 aromatic heterocycles.